The van der Waals surface area contributed by atoms with E-state index in [-0.39, 0.29) is 6.03 Å². The highest BCUT2D eigenvalue weighted by molar-refractivity contribution is 9.10. The lowest BCUT2D eigenvalue weighted by Gasteiger charge is -2.18. The highest BCUT2D eigenvalue weighted by Gasteiger charge is 2.24. The van der Waals surface area contributed by atoms with Gasteiger partial charge in [0.15, 0.2) is 11.5 Å². The second-order valence-electron chi connectivity index (χ2n) is 5.52. The maximum atomic E-state index is 12.5. The van der Waals surface area contributed by atoms with Gasteiger partial charge in [0.05, 0.1) is 14.2 Å². The molecule has 0 saturated heterocycles. The molecule has 0 spiro atoms. The smallest absolute Gasteiger partial charge is 0.322 e. The maximum absolute atomic E-state index is 12.5. The summed E-state index contributed by atoms with van der Waals surface area (Å²) in [6, 6.07) is 11.5. The number of rotatable bonds is 4. The Hall–Kier alpha value is -2.21. The molecule has 1 heterocycles. The first-order chi connectivity index (χ1) is 11.6. The molecule has 2 aromatic carbocycles. The molecular formula is C18H19BrN2O3. The second kappa shape index (κ2) is 7.13. The summed E-state index contributed by atoms with van der Waals surface area (Å²) < 4.78 is 11.5. The van der Waals surface area contributed by atoms with Crippen LogP contribution in [0.25, 0.3) is 0 Å². The lowest BCUT2D eigenvalue weighted by molar-refractivity contribution is 0.246. The van der Waals surface area contributed by atoms with Crippen LogP contribution in [0.2, 0.25) is 0 Å². The Kier molecular flexibility index (Phi) is 4.94. The number of benzene rings is 2. The molecule has 0 fully saturated rings. The number of amides is 2. The van der Waals surface area contributed by atoms with E-state index in [0.717, 1.165) is 22.1 Å². The Labute approximate surface area is 149 Å². The van der Waals surface area contributed by atoms with Gasteiger partial charge in [0.25, 0.3) is 0 Å². The number of nitrogens with zero attached hydrogens (tertiary/aromatic N) is 1. The number of hydrogen-bond acceptors (Lipinski definition) is 3. The summed E-state index contributed by atoms with van der Waals surface area (Å²) in [7, 11) is 3.20. The molecule has 2 amide bonds. The highest BCUT2D eigenvalue weighted by atomic mass is 79.9. The topological polar surface area (TPSA) is 50.8 Å². The number of urea groups is 1. The van der Waals surface area contributed by atoms with Crippen LogP contribution in [0.5, 0.6) is 11.5 Å². The molecule has 0 aromatic heterocycles. The first-order valence-electron chi connectivity index (χ1n) is 7.67. The number of hydrogen-bond donors (Lipinski definition) is 1. The van der Waals surface area contributed by atoms with Crippen LogP contribution in [0.4, 0.5) is 10.5 Å². The van der Waals surface area contributed by atoms with Crippen molar-refractivity contribution in [1.82, 2.24) is 5.32 Å². The molecule has 0 saturated carbocycles. The molecule has 3 rings (SSSR count). The fourth-order valence-electron chi connectivity index (χ4n) is 2.84. The Balaban J connectivity index is 1.67. The fraction of sp³-hybridized carbons (Fsp3) is 0.278. The van der Waals surface area contributed by atoms with Crippen molar-refractivity contribution < 1.29 is 14.3 Å². The molecule has 6 heteroatoms. The predicted molar refractivity (Wildman–Crippen MR) is 97.0 cm³/mol. The third kappa shape index (κ3) is 3.33. The molecule has 1 aliphatic heterocycles. The molecule has 2 aromatic rings. The second-order valence-corrected chi connectivity index (χ2v) is 6.44. The van der Waals surface area contributed by atoms with Gasteiger partial charge in [0.2, 0.25) is 0 Å². The molecule has 0 radical (unpaired) electrons. The van der Waals surface area contributed by atoms with E-state index in [1.54, 1.807) is 19.1 Å². The zero-order chi connectivity index (χ0) is 17.1. The van der Waals surface area contributed by atoms with E-state index in [0.29, 0.717) is 24.6 Å². The zero-order valence-electron chi connectivity index (χ0n) is 13.6. The lowest BCUT2D eigenvalue weighted by Crippen LogP contribution is -2.38. The summed E-state index contributed by atoms with van der Waals surface area (Å²) in [5.74, 6) is 1.33. The average molecular weight is 391 g/mol. The van der Waals surface area contributed by atoms with Crippen LogP contribution in [0.3, 0.4) is 0 Å². The van der Waals surface area contributed by atoms with Gasteiger partial charge in [-0.3, -0.25) is 4.90 Å². The molecule has 1 N–H and O–H groups in total. The quantitative estimate of drug-likeness (QED) is 0.864. The molecule has 0 atom stereocenters. The van der Waals surface area contributed by atoms with E-state index in [4.69, 9.17) is 9.47 Å². The van der Waals surface area contributed by atoms with Crippen molar-refractivity contribution in [1.29, 1.82) is 0 Å². The van der Waals surface area contributed by atoms with Crippen LogP contribution in [-0.2, 0) is 13.0 Å². The van der Waals surface area contributed by atoms with Crippen LogP contribution in [-0.4, -0.2) is 26.8 Å². The number of anilines is 1. The summed E-state index contributed by atoms with van der Waals surface area (Å²) in [4.78, 5) is 14.3. The molecule has 0 unspecified atom stereocenters. The monoisotopic (exact) mass is 390 g/mol. The number of halogens is 1. The first kappa shape index (κ1) is 16.6. The normalized spacial score (nSPS) is 12.7. The molecule has 0 aliphatic carbocycles. The third-order valence-electron chi connectivity index (χ3n) is 4.07. The van der Waals surface area contributed by atoms with Crippen molar-refractivity contribution in [3.05, 3.63) is 52.0 Å². The van der Waals surface area contributed by atoms with Gasteiger partial charge >= 0.3 is 6.03 Å². The Bertz CT molecular complexity index is 764. The molecular weight excluding hydrogens is 372 g/mol. The minimum absolute atomic E-state index is 0.0918. The zero-order valence-corrected chi connectivity index (χ0v) is 15.2. The SMILES string of the molecule is COc1ccc(CNC(=O)N2CCc3cc(Br)ccc32)cc1OC. The predicted octanol–water partition coefficient (Wildman–Crippen LogP) is 3.74. The highest BCUT2D eigenvalue weighted by Crippen LogP contribution is 2.31. The van der Waals surface area contributed by atoms with Gasteiger partial charge in [-0.05, 0) is 47.9 Å². The van der Waals surface area contributed by atoms with E-state index >= 15 is 0 Å². The number of carbonyl (C=O) groups excluding carboxylic acids is 1. The van der Waals surface area contributed by atoms with Crippen molar-refractivity contribution in [2.45, 2.75) is 13.0 Å². The van der Waals surface area contributed by atoms with Crippen LogP contribution < -0.4 is 19.7 Å². The van der Waals surface area contributed by atoms with E-state index in [1.807, 2.05) is 30.3 Å². The van der Waals surface area contributed by atoms with Gasteiger partial charge in [0, 0.05) is 23.2 Å². The van der Waals surface area contributed by atoms with E-state index in [1.165, 1.54) is 5.56 Å². The molecule has 0 bridgehead atoms. The maximum Gasteiger partial charge on any atom is 0.322 e. The minimum Gasteiger partial charge on any atom is -0.493 e. The number of carbonyl (C=O) groups is 1. The van der Waals surface area contributed by atoms with Crippen LogP contribution in [0.1, 0.15) is 11.1 Å². The Morgan fingerprint density at radius 1 is 1.17 bits per heavy atom. The van der Waals surface area contributed by atoms with Gasteiger partial charge in [-0.25, -0.2) is 4.79 Å². The molecule has 126 valence electrons. The van der Waals surface area contributed by atoms with E-state index < -0.39 is 0 Å². The Morgan fingerprint density at radius 3 is 2.71 bits per heavy atom. The van der Waals surface area contributed by atoms with Crippen molar-refractivity contribution in [2.75, 3.05) is 25.7 Å². The van der Waals surface area contributed by atoms with E-state index in [9.17, 15) is 4.79 Å². The van der Waals surface area contributed by atoms with Gasteiger partial charge in [-0.1, -0.05) is 22.0 Å². The van der Waals surface area contributed by atoms with E-state index in [2.05, 4.69) is 27.3 Å². The number of ether oxygens (including phenoxy) is 2. The van der Waals surface area contributed by atoms with Crippen molar-refractivity contribution in [3.63, 3.8) is 0 Å². The largest absolute Gasteiger partial charge is 0.493 e. The Morgan fingerprint density at radius 2 is 1.96 bits per heavy atom. The third-order valence-corrected chi connectivity index (χ3v) is 4.57. The standard InChI is InChI=1S/C18H19BrN2O3/c1-23-16-6-3-12(9-17(16)24-2)11-20-18(22)21-8-7-13-10-14(19)4-5-15(13)21/h3-6,9-10H,7-8,11H2,1-2H3,(H,20,22). The van der Waals surface area contributed by atoms with Gasteiger partial charge in [-0.2, -0.15) is 0 Å². The number of fused-ring (bicyclic) bond motifs is 1. The summed E-state index contributed by atoms with van der Waals surface area (Å²) in [6.45, 7) is 1.13. The van der Waals surface area contributed by atoms with Crippen LogP contribution >= 0.6 is 15.9 Å². The van der Waals surface area contributed by atoms with Crippen molar-refractivity contribution in [3.8, 4) is 11.5 Å². The minimum atomic E-state index is -0.0918. The average Bonchev–Trinajstić information content (AvgIpc) is 3.02. The van der Waals surface area contributed by atoms with Crippen LogP contribution in [0.15, 0.2) is 40.9 Å². The van der Waals surface area contributed by atoms with Gasteiger partial charge in [0.1, 0.15) is 0 Å². The first-order valence-corrected chi connectivity index (χ1v) is 8.46. The number of methoxy groups -OCH3 is 2. The van der Waals surface area contributed by atoms with Crippen molar-refractivity contribution >= 4 is 27.6 Å². The summed E-state index contributed by atoms with van der Waals surface area (Å²) in [6.07, 6.45) is 0.874. The molecule has 24 heavy (non-hydrogen) atoms. The fourth-order valence-corrected chi connectivity index (χ4v) is 3.25. The summed E-state index contributed by atoms with van der Waals surface area (Å²) in [5, 5.41) is 2.96. The van der Waals surface area contributed by atoms with Gasteiger partial charge < -0.3 is 14.8 Å². The molecule has 5 nitrogen and oxygen atoms in total. The summed E-state index contributed by atoms with van der Waals surface area (Å²) in [5.41, 5.74) is 3.12. The van der Waals surface area contributed by atoms with Crippen molar-refractivity contribution in [2.24, 2.45) is 0 Å². The molecule has 1 aliphatic rings. The summed E-state index contributed by atoms with van der Waals surface area (Å²) >= 11 is 3.47. The number of nitrogens with one attached hydrogen (secondary N) is 1. The van der Waals surface area contributed by atoms with Gasteiger partial charge in [-0.15, -0.1) is 0 Å². The lowest BCUT2D eigenvalue weighted by atomic mass is 10.2. The van der Waals surface area contributed by atoms with Crippen LogP contribution in [0, 0.1) is 0 Å².